The number of hydrazine groups is 1. The van der Waals surface area contributed by atoms with Crippen LogP contribution in [0, 0.1) is 5.82 Å². The second kappa shape index (κ2) is 10.0. The summed E-state index contributed by atoms with van der Waals surface area (Å²) in [7, 11) is 0. The van der Waals surface area contributed by atoms with Crippen molar-refractivity contribution in [3.63, 3.8) is 0 Å². The lowest BCUT2D eigenvalue weighted by molar-refractivity contribution is -0.128. The third-order valence-electron chi connectivity index (χ3n) is 4.30. The zero-order chi connectivity index (χ0) is 21.3. The molecule has 0 radical (unpaired) electrons. The number of nitrogens with one attached hydrogen (secondary N) is 2. The number of allylic oxidation sites excluding steroid dienone is 1. The van der Waals surface area contributed by atoms with Gasteiger partial charge in [-0.2, -0.15) is 0 Å². The Balaban J connectivity index is 1.53. The van der Waals surface area contributed by atoms with Crippen molar-refractivity contribution in [2.75, 3.05) is 6.61 Å². The fourth-order valence-corrected chi connectivity index (χ4v) is 2.79. The molecule has 0 atom stereocenters. The minimum atomic E-state index is -0.505. The number of carbonyl (C=O) groups excluding carboxylic acids is 2. The highest BCUT2D eigenvalue weighted by molar-refractivity contribution is 5.95. The van der Waals surface area contributed by atoms with E-state index < -0.39 is 11.8 Å². The molecule has 0 unspecified atom stereocenters. The van der Waals surface area contributed by atoms with Gasteiger partial charge in [0.05, 0.1) is 0 Å². The molecule has 3 aromatic rings. The minimum absolute atomic E-state index is 0.259. The maximum absolute atomic E-state index is 13.0. The van der Waals surface area contributed by atoms with Crippen LogP contribution < -0.4 is 15.6 Å². The molecule has 2 amide bonds. The molecule has 0 saturated carbocycles. The Kier molecular flexibility index (Phi) is 6.95. The van der Waals surface area contributed by atoms with Crippen LogP contribution >= 0.6 is 0 Å². The van der Waals surface area contributed by atoms with Crippen LogP contribution in [-0.2, 0) is 9.59 Å². The van der Waals surface area contributed by atoms with E-state index in [9.17, 15) is 14.0 Å². The van der Waals surface area contributed by atoms with E-state index in [0.29, 0.717) is 16.9 Å². The van der Waals surface area contributed by atoms with Crippen molar-refractivity contribution in [3.05, 3.63) is 96.3 Å². The summed E-state index contributed by atoms with van der Waals surface area (Å²) in [6, 6.07) is 22.9. The zero-order valence-electron chi connectivity index (χ0n) is 16.4. The standard InChI is InChI=1S/C24H21FN2O3/c1-17(18-11-13-20(25)14-12-18)15-23(28)26-27-24(29)16-30-22-10-6-5-9-21(22)19-7-3-2-4-8-19/h2-15H,16H2,1H3,(H,26,28)(H,27,29)/b17-15-. The normalized spacial score (nSPS) is 10.9. The first kappa shape index (κ1) is 20.8. The Morgan fingerprint density at radius 3 is 2.30 bits per heavy atom. The van der Waals surface area contributed by atoms with Gasteiger partial charge in [-0.3, -0.25) is 20.4 Å². The summed E-state index contributed by atoms with van der Waals surface area (Å²) in [6.07, 6.45) is 1.32. The van der Waals surface area contributed by atoms with Crippen LogP contribution in [0.5, 0.6) is 5.75 Å². The fourth-order valence-electron chi connectivity index (χ4n) is 2.79. The first-order valence-corrected chi connectivity index (χ1v) is 9.33. The number of ether oxygens (including phenoxy) is 1. The van der Waals surface area contributed by atoms with Crippen LogP contribution in [0.25, 0.3) is 16.7 Å². The number of benzene rings is 3. The molecule has 30 heavy (non-hydrogen) atoms. The molecular weight excluding hydrogens is 383 g/mol. The number of carbonyl (C=O) groups is 2. The average molecular weight is 404 g/mol. The summed E-state index contributed by atoms with van der Waals surface area (Å²) in [5, 5.41) is 0. The van der Waals surface area contributed by atoms with Gasteiger partial charge in [-0.05, 0) is 41.8 Å². The number of para-hydroxylation sites is 1. The van der Waals surface area contributed by atoms with Gasteiger partial charge in [0.25, 0.3) is 11.8 Å². The number of amides is 2. The van der Waals surface area contributed by atoms with E-state index in [2.05, 4.69) is 10.9 Å². The molecule has 0 spiro atoms. The molecule has 3 aromatic carbocycles. The topological polar surface area (TPSA) is 67.4 Å². The Bertz CT molecular complexity index is 1050. The molecule has 0 saturated heterocycles. The van der Waals surface area contributed by atoms with Crippen molar-refractivity contribution in [1.82, 2.24) is 10.9 Å². The van der Waals surface area contributed by atoms with Gasteiger partial charge in [-0.25, -0.2) is 4.39 Å². The van der Waals surface area contributed by atoms with E-state index >= 15 is 0 Å². The lowest BCUT2D eigenvalue weighted by Crippen LogP contribution is -2.43. The van der Waals surface area contributed by atoms with Crippen LogP contribution in [0.3, 0.4) is 0 Å². The van der Waals surface area contributed by atoms with Crippen molar-refractivity contribution in [3.8, 4) is 16.9 Å². The molecular formula is C24H21FN2O3. The maximum atomic E-state index is 13.0. The smallest absolute Gasteiger partial charge is 0.276 e. The van der Waals surface area contributed by atoms with Crippen LogP contribution in [-0.4, -0.2) is 18.4 Å². The average Bonchev–Trinajstić information content (AvgIpc) is 2.77. The summed E-state index contributed by atoms with van der Waals surface area (Å²) in [4.78, 5) is 24.0. The third-order valence-corrected chi connectivity index (χ3v) is 4.30. The molecule has 152 valence electrons. The second-order valence-electron chi connectivity index (χ2n) is 6.52. The summed E-state index contributed by atoms with van der Waals surface area (Å²) in [5.41, 5.74) is 7.80. The van der Waals surface area contributed by atoms with E-state index in [0.717, 1.165) is 11.1 Å². The lowest BCUT2D eigenvalue weighted by Gasteiger charge is -2.12. The lowest BCUT2D eigenvalue weighted by atomic mass is 10.1. The summed E-state index contributed by atoms with van der Waals surface area (Å²) < 4.78 is 18.6. The monoisotopic (exact) mass is 404 g/mol. The van der Waals surface area contributed by atoms with Gasteiger partial charge in [-0.15, -0.1) is 0 Å². The highest BCUT2D eigenvalue weighted by atomic mass is 19.1. The van der Waals surface area contributed by atoms with Crippen LogP contribution in [0.1, 0.15) is 12.5 Å². The Hall–Kier alpha value is -3.93. The van der Waals surface area contributed by atoms with Crippen LogP contribution in [0.15, 0.2) is 84.9 Å². The van der Waals surface area contributed by atoms with Crippen molar-refractivity contribution < 1.29 is 18.7 Å². The van der Waals surface area contributed by atoms with E-state index in [4.69, 9.17) is 4.74 Å². The molecule has 0 aliphatic heterocycles. The predicted octanol–water partition coefficient (Wildman–Crippen LogP) is 4.12. The van der Waals surface area contributed by atoms with Gasteiger partial charge in [0.1, 0.15) is 11.6 Å². The molecule has 0 fully saturated rings. The van der Waals surface area contributed by atoms with Gasteiger partial charge in [0, 0.05) is 11.6 Å². The zero-order valence-corrected chi connectivity index (χ0v) is 16.4. The number of halogens is 1. The summed E-state index contributed by atoms with van der Waals surface area (Å²) in [5.74, 6) is -0.789. The fraction of sp³-hybridized carbons (Fsp3) is 0.0833. The largest absolute Gasteiger partial charge is 0.483 e. The number of rotatable bonds is 6. The third kappa shape index (κ3) is 5.78. The Morgan fingerprint density at radius 1 is 0.900 bits per heavy atom. The molecule has 0 bridgehead atoms. The van der Waals surface area contributed by atoms with E-state index in [-0.39, 0.29) is 12.4 Å². The van der Waals surface area contributed by atoms with Gasteiger partial charge in [0.15, 0.2) is 6.61 Å². The van der Waals surface area contributed by atoms with E-state index in [1.807, 2.05) is 48.5 Å². The maximum Gasteiger partial charge on any atom is 0.276 e. The van der Waals surface area contributed by atoms with E-state index in [1.165, 1.54) is 18.2 Å². The first-order chi connectivity index (χ1) is 14.5. The minimum Gasteiger partial charge on any atom is -0.483 e. The number of hydrogen-bond donors (Lipinski definition) is 2. The summed E-state index contributed by atoms with van der Waals surface area (Å²) in [6.45, 7) is 1.46. The van der Waals surface area contributed by atoms with E-state index in [1.54, 1.807) is 25.1 Å². The predicted molar refractivity (Wildman–Crippen MR) is 114 cm³/mol. The molecule has 0 aliphatic rings. The van der Waals surface area contributed by atoms with Crippen molar-refractivity contribution in [1.29, 1.82) is 0 Å². The van der Waals surface area contributed by atoms with Crippen LogP contribution in [0.2, 0.25) is 0 Å². The number of hydrogen-bond acceptors (Lipinski definition) is 3. The molecule has 0 aliphatic carbocycles. The second-order valence-corrected chi connectivity index (χ2v) is 6.52. The Labute approximate surface area is 174 Å². The van der Waals surface area contributed by atoms with Gasteiger partial charge < -0.3 is 4.74 Å². The first-order valence-electron chi connectivity index (χ1n) is 9.33. The molecule has 2 N–H and O–H groups in total. The summed E-state index contributed by atoms with van der Waals surface area (Å²) >= 11 is 0. The highest BCUT2D eigenvalue weighted by Crippen LogP contribution is 2.29. The molecule has 3 rings (SSSR count). The Morgan fingerprint density at radius 2 is 1.57 bits per heavy atom. The molecule has 6 heteroatoms. The van der Waals surface area contributed by atoms with Crippen LogP contribution in [0.4, 0.5) is 4.39 Å². The van der Waals surface area contributed by atoms with Gasteiger partial charge >= 0.3 is 0 Å². The van der Waals surface area contributed by atoms with Gasteiger partial charge in [-0.1, -0.05) is 60.7 Å². The molecule has 0 aromatic heterocycles. The molecule has 5 nitrogen and oxygen atoms in total. The molecule has 0 heterocycles. The van der Waals surface area contributed by atoms with Gasteiger partial charge in [0.2, 0.25) is 0 Å². The van der Waals surface area contributed by atoms with Crippen molar-refractivity contribution >= 4 is 17.4 Å². The quantitative estimate of drug-likeness (QED) is 0.480. The van der Waals surface area contributed by atoms with Crippen molar-refractivity contribution in [2.24, 2.45) is 0 Å². The SMILES string of the molecule is C/C(=C/C(=O)NNC(=O)COc1ccccc1-c1ccccc1)c1ccc(F)cc1. The highest BCUT2D eigenvalue weighted by Gasteiger charge is 2.09. The van der Waals surface area contributed by atoms with Crippen molar-refractivity contribution in [2.45, 2.75) is 6.92 Å².